The van der Waals surface area contributed by atoms with Crippen molar-refractivity contribution in [3.8, 4) is 11.5 Å². The van der Waals surface area contributed by atoms with Gasteiger partial charge in [0.1, 0.15) is 11.5 Å². The summed E-state index contributed by atoms with van der Waals surface area (Å²) < 4.78 is 12.2. The molecule has 1 N–H and O–H groups in total. The molecule has 0 aliphatic carbocycles. The second-order valence-corrected chi connectivity index (χ2v) is 5.17. The normalized spacial score (nSPS) is 10.2. The number of ether oxygens (including phenoxy) is 2. The second kappa shape index (κ2) is 7.03. The molecule has 0 bridgehead atoms. The molecular formula is C14H17N3O3S. The maximum Gasteiger partial charge on any atom is 0.234 e. The van der Waals surface area contributed by atoms with Crippen molar-refractivity contribution in [2.45, 2.75) is 5.16 Å². The van der Waals surface area contributed by atoms with Crippen LogP contribution in [0.5, 0.6) is 11.5 Å². The monoisotopic (exact) mass is 307 g/mol. The van der Waals surface area contributed by atoms with E-state index in [0.717, 1.165) is 5.16 Å². The first-order valence-electron chi connectivity index (χ1n) is 6.26. The number of rotatable bonds is 6. The minimum Gasteiger partial charge on any atom is -0.497 e. The van der Waals surface area contributed by atoms with E-state index in [0.29, 0.717) is 17.2 Å². The number of hydrogen-bond donors (Lipinski definition) is 1. The fourth-order valence-corrected chi connectivity index (χ4v) is 2.44. The summed E-state index contributed by atoms with van der Waals surface area (Å²) in [5.74, 6) is 1.39. The smallest absolute Gasteiger partial charge is 0.234 e. The molecule has 0 aliphatic rings. The van der Waals surface area contributed by atoms with Crippen LogP contribution < -0.4 is 14.8 Å². The molecule has 1 aromatic carbocycles. The number of aryl methyl sites for hydroxylation is 1. The van der Waals surface area contributed by atoms with Crippen LogP contribution in [0.1, 0.15) is 0 Å². The van der Waals surface area contributed by atoms with Gasteiger partial charge in [0.15, 0.2) is 5.16 Å². The summed E-state index contributed by atoms with van der Waals surface area (Å²) in [5, 5.41) is 3.62. The molecule has 0 spiro atoms. The Morgan fingerprint density at radius 1 is 1.38 bits per heavy atom. The molecule has 0 radical (unpaired) electrons. The number of amides is 1. The van der Waals surface area contributed by atoms with E-state index in [1.807, 2.05) is 17.8 Å². The highest BCUT2D eigenvalue weighted by atomic mass is 32.2. The van der Waals surface area contributed by atoms with Crippen molar-refractivity contribution in [1.29, 1.82) is 0 Å². The van der Waals surface area contributed by atoms with E-state index in [2.05, 4.69) is 10.3 Å². The van der Waals surface area contributed by atoms with E-state index in [1.54, 1.807) is 38.6 Å². The predicted octanol–water partition coefficient (Wildman–Crippen LogP) is 2.17. The average molecular weight is 307 g/mol. The molecule has 0 unspecified atom stereocenters. The lowest BCUT2D eigenvalue weighted by Crippen LogP contribution is -2.15. The Hall–Kier alpha value is -2.15. The minimum absolute atomic E-state index is 0.119. The lowest BCUT2D eigenvalue weighted by molar-refractivity contribution is -0.113. The van der Waals surface area contributed by atoms with Gasteiger partial charge >= 0.3 is 0 Å². The van der Waals surface area contributed by atoms with Crippen molar-refractivity contribution in [3.05, 3.63) is 30.6 Å². The second-order valence-electron chi connectivity index (χ2n) is 4.22. The van der Waals surface area contributed by atoms with Crippen molar-refractivity contribution in [3.63, 3.8) is 0 Å². The fraction of sp³-hybridized carbons (Fsp3) is 0.286. The van der Waals surface area contributed by atoms with E-state index in [1.165, 1.54) is 11.8 Å². The third-order valence-electron chi connectivity index (χ3n) is 2.79. The molecule has 6 nitrogen and oxygen atoms in total. The van der Waals surface area contributed by atoms with E-state index in [-0.39, 0.29) is 11.7 Å². The predicted molar refractivity (Wildman–Crippen MR) is 82.1 cm³/mol. The Balaban J connectivity index is 1.97. The first-order valence-corrected chi connectivity index (χ1v) is 7.24. The maximum atomic E-state index is 12.0. The Bertz CT molecular complexity index is 628. The van der Waals surface area contributed by atoms with Crippen LogP contribution in [0.4, 0.5) is 5.69 Å². The molecular weight excluding hydrogens is 290 g/mol. The van der Waals surface area contributed by atoms with Gasteiger partial charge in [-0.1, -0.05) is 11.8 Å². The number of aromatic nitrogens is 2. The summed E-state index contributed by atoms with van der Waals surface area (Å²) in [6, 6.07) is 5.24. The first-order chi connectivity index (χ1) is 10.1. The molecule has 0 saturated heterocycles. The number of hydrogen-bond acceptors (Lipinski definition) is 5. The van der Waals surface area contributed by atoms with Crippen LogP contribution in [0.25, 0.3) is 0 Å². The number of imidazole rings is 1. The molecule has 21 heavy (non-hydrogen) atoms. The van der Waals surface area contributed by atoms with Gasteiger partial charge in [-0.15, -0.1) is 0 Å². The summed E-state index contributed by atoms with van der Waals surface area (Å²) in [6.07, 6.45) is 3.54. The lowest BCUT2D eigenvalue weighted by Gasteiger charge is -2.11. The average Bonchev–Trinajstić information content (AvgIpc) is 2.91. The molecule has 112 valence electrons. The molecule has 1 aromatic heterocycles. The SMILES string of the molecule is COc1ccc(NC(=O)CSc2nccn2C)c(OC)c1. The molecule has 1 heterocycles. The Labute approximate surface area is 127 Å². The summed E-state index contributed by atoms with van der Waals surface area (Å²) in [4.78, 5) is 16.1. The fourth-order valence-electron chi connectivity index (χ4n) is 1.71. The van der Waals surface area contributed by atoms with Gasteiger partial charge in [-0.2, -0.15) is 0 Å². The quantitative estimate of drug-likeness (QED) is 0.829. The van der Waals surface area contributed by atoms with Crippen molar-refractivity contribution >= 4 is 23.4 Å². The molecule has 7 heteroatoms. The van der Waals surface area contributed by atoms with Crippen molar-refractivity contribution in [2.75, 3.05) is 25.3 Å². The summed E-state index contributed by atoms with van der Waals surface area (Å²) >= 11 is 1.38. The van der Waals surface area contributed by atoms with E-state index < -0.39 is 0 Å². The van der Waals surface area contributed by atoms with E-state index in [9.17, 15) is 4.79 Å². The topological polar surface area (TPSA) is 65.4 Å². The van der Waals surface area contributed by atoms with Gasteiger partial charge in [0, 0.05) is 25.5 Å². The standard InChI is InChI=1S/C14H17N3O3S/c1-17-7-6-15-14(17)21-9-13(18)16-11-5-4-10(19-2)8-12(11)20-3/h4-8H,9H2,1-3H3,(H,16,18). The van der Waals surface area contributed by atoms with Crippen LogP contribution in [0.3, 0.4) is 0 Å². The van der Waals surface area contributed by atoms with Gasteiger partial charge in [-0.25, -0.2) is 4.98 Å². The van der Waals surface area contributed by atoms with Crippen LogP contribution in [0.2, 0.25) is 0 Å². The summed E-state index contributed by atoms with van der Waals surface area (Å²) in [7, 11) is 5.02. The van der Waals surface area contributed by atoms with Crippen LogP contribution >= 0.6 is 11.8 Å². The van der Waals surface area contributed by atoms with Crippen molar-refractivity contribution in [2.24, 2.45) is 7.05 Å². The molecule has 2 rings (SSSR count). The molecule has 2 aromatic rings. The minimum atomic E-state index is -0.119. The molecule has 0 saturated carbocycles. The lowest BCUT2D eigenvalue weighted by atomic mass is 10.2. The largest absolute Gasteiger partial charge is 0.497 e. The van der Waals surface area contributed by atoms with Gasteiger partial charge in [-0.05, 0) is 12.1 Å². The van der Waals surface area contributed by atoms with Crippen LogP contribution in [-0.4, -0.2) is 35.4 Å². The van der Waals surface area contributed by atoms with Gasteiger partial charge in [-0.3, -0.25) is 4.79 Å². The molecule has 0 aliphatic heterocycles. The van der Waals surface area contributed by atoms with Crippen molar-refractivity contribution in [1.82, 2.24) is 9.55 Å². The summed E-state index contributed by atoms with van der Waals surface area (Å²) in [6.45, 7) is 0. The number of carbonyl (C=O) groups excluding carboxylic acids is 1. The third kappa shape index (κ3) is 3.91. The highest BCUT2D eigenvalue weighted by molar-refractivity contribution is 7.99. The Morgan fingerprint density at radius 3 is 2.81 bits per heavy atom. The third-order valence-corrected chi connectivity index (χ3v) is 3.85. The maximum absolute atomic E-state index is 12.0. The zero-order valence-electron chi connectivity index (χ0n) is 12.1. The highest BCUT2D eigenvalue weighted by Crippen LogP contribution is 2.29. The van der Waals surface area contributed by atoms with Crippen molar-refractivity contribution < 1.29 is 14.3 Å². The number of carbonyl (C=O) groups is 1. The van der Waals surface area contributed by atoms with Gasteiger partial charge < -0.3 is 19.4 Å². The number of benzene rings is 1. The van der Waals surface area contributed by atoms with E-state index >= 15 is 0 Å². The van der Waals surface area contributed by atoms with Gasteiger partial charge in [0.05, 0.1) is 25.7 Å². The van der Waals surface area contributed by atoms with E-state index in [4.69, 9.17) is 9.47 Å². The molecule has 1 amide bonds. The zero-order valence-corrected chi connectivity index (χ0v) is 12.9. The van der Waals surface area contributed by atoms with Gasteiger partial charge in [0.25, 0.3) is 0 Å². The number of thioether (sulfide) groups is 1. The number of methoxy groups -OCH3 is 2. The van der Waals surface area contributed by atoms with Crippen LogP contribution in [0, 0.1) is 0 Å². The number of nitrogens with zero attached hydrogens (tertiary/aromatic N) is 2. The van der Waals surface area contributed by atoms with Crippen LogP contribution in [0.15, 0.2) is 35.7 Å². The Kier molecular flexibility index (Phi) is 5.10. The molecule has 0 fully saturated rings. The Morgan fingerprint density at radius 2 is 2.19 bits per heavy atom. The molecule has 0 atom stereocenters. The number of anilines is 1. The van der Waals surface area contributed by atoms with Crippen LogP contribution in [-0.2, 0) is 11.8 Å². The zero-order chi connectivity index (χ0) is 15.2. The number of nitrogens with one attached hydrogen (secondary N) is 1. The highest BCUT2D eigenvalue weighted by Gasteiger charge is 2.10. The summed E-state index contributed by atoms with van der Waals surface area (Å²) in [5.41, 5.74) is 0.615. The van der Waals surface area contributed by atoms with Gasteiger partial charge in [0.2, 0.25) is 5.91 Å². The first kappa shape index (κ1) is 15.2.